The largest absolute Gasteiger partial charge is 0.393 e. The molecule has 0 spiro atoms. The van der Waals surface area contributed by atoms with Crippen LogP contribution in [0.2, 0.25) is 5.02 Å². The molecule has 0 aliphatic heterocycles. The lowest BCUT2D eigenvalue weighted by molar-refractivity contribution is 0.118. The number of nitrogens with zero attached hydrogens (tertiary/aromatic N) is 1. The van der Waals surface area contributed by atoms with E-state index in [0.717, 1.165) is 31.4 Å². The molecule has 6 heteroatoms. The Morgan fingerprint density at radius 1 is 1.17 bits per heavy atom. The highest BCUT2D eigenvalue weighted by Gasteiger charge is 2.21. The van der Waals surface area contributed by atoms with Crippen LogP contribution in [0.3, 0.4) is 0 Å². The zero-order valence-electron chi connectivity index (χ0n) is 12.7. The number of amides is 2. The van der Waals surface area contributed by atoms with Crippen LogP contribution in [0.1, 0.15) is 25.7 Å². The number of halogens is 1. The van der Waals surface area contributed by atoms with E-state index in [-0.39, 0.29) is 18.2 Å². The van der Waals surface area contributed by atoms with E-state index >= 15 is 0 Å². The monoisotopic (exact) mass is 333 g/mol. The summed E-state index contributed by atoms with van der Waals surface area (Å²) in [7, 11) is 0. The molecule has 0 unspecified atom stereocenters. The molecule has 0 radical (unpaired) electrons. The smallest absolute Gasteiger partial charge is 0.319 e. The Labute approximate surface area is 140 Å². The van der Waals surface area contributed by atoms with Gasteiger partial charge in [0.2, 0.25) is 0 Å². The summed E-state index contributed by atoms with van der Waals surface area (Å²) in [6.07, 6.45) is 6.65. The van der Waals surface area contributed by atoms with Crippen molar-refractivity contribution in [2.24, 2.45) is 0 Å². The number of benzene rings is 1. The Morgan fingerprint density at radius 2 is 1.87 bits per heavy atom. The first-order valence-electron chi connectivity index (χ1n) is 7.80. The Morgan fingerprint density at radius 3 is 2.57 bits per heavy atom. The van der Waals surface area contributed by atoms with E-state index in [2.05, 4.69) is 10.6 Å². The molecule has 0 atom stereocenters. The zero-order chi connectivity index (χ0) is 16.2. The number of hydrogen-bond donors (Lipinski definition) is 3. The Bertz CT molecular complexity index is 664. The lowest BCUT2D eigenvalue weighted by atomic mass is 9.93. The molecule has 1 aromatic carbocycles. The summed E-state index contributed by atoms with van der Waals surface area (Å²) in [4.78, 5) is 12.2. The van der Waals surface area contributed by atoms with Gasteiger partial charge >= 0.3 is 6.03 Å². The second-order valence-corrected chi connectivity index (χ2v) is 6.29. The average Bonchev–Trinajstić information content (AvgIpc) is 3.05. The summed E-state index contributed by atoms with van der Waals surface area (Å²) in [5, 5.41) is 16.0. The molecule has 23 heavy (non-hydrogen) atoms. The van der Waals surface area contributed by atoms with Crippen molar-refractivity contribution < 1.29 is 9.90 Å². The van der Waals surface area contributed by atoms with Crippen molar-refractivity contribution in [3.8, 4) is 5.69 Å². The summed E-state index contributed by atoms with van der Waals surface area (Å²) in [6, 6.07) is 9.07. The lowest BCUT2D eigenvalue weighted by Crippen LogP contribution is -2.41. The number of carbonyl (C=O) groups excluding carboxylic acids is 1. The van der Waals surface area contributed by atoms with Crippen molar-refractivity contribution in [3.05, 3.63) is 47.7 Å². The average molecular weight is 334 g/mol. The summed E-state index contributed by atoms with van der Waals surface area (Å²) in [6.45, 7) is 0. The van der Waals surface area contributed by atoms with Gasteiger partial charge in [-0.2, -0.15) is 0 Å². The molecule has 5 nitrogen and oxygen atoms in total. The molecular weight excluding hydrogens is 314 g/mol. The normalized spacial score (nSPS) is 21.0. The van der Waals surface area contributed by atoms with E-state index in [4.69, 9.17) is 11.6 Å². The number of aromatic nitrogens is 1. The van der Waals surface area contributed by atoms with Crippen LogP contribution < -0.4 is 10.6 Å². The van der Waals surface area contributed by atoms with Crippen molar-refractivity contribution in [2.45, 2.75) is 37.8 Å². The maximum atomic E-state index is 12.2. The van der Waals surface area contributed by atoms with E-state index < -0.39 is 0 Å². The summed E-state index contributed by atoms with van der Waals surface area (Å²) < 4.78 is 1.90. The van der Waals surface area contributed by atoms with Crippen LogP contribution in [0.4, 0.5) is 10.5 Å². The summed E-state index contributed by atoms with van der Waals surface area (Å²) in [5.74, 6) is 0. The van der Waals surface area contributed by atoms with E-state index in [9.17, 15) is 9.90 Å². The third-order valence-corrected chi connectivity index (χ3v) is 4.36. The van der Waals surface area contributed by atoms with Crippen molar-refractivity contribution in [3.63, 3.8) is 0 Å². The predicted molar refractivity (Wildman–Crippen MR) is 91.2 cm³/mol. The number of urea groups is 1. The van der Waals surface area contributed by atoms with Crippen LogP contribution in [0.5, 0.6) is 0 Å². The number of carbonyl (C=O) groups is 1. The van der Waals surface area contributed by atoms with Gasteiger partial charge in [0.25, 0.3) is 0 Å². The van der Waals surface area contributed by atoms with Gasteiger partial charge in [-0.3, -0.25) is 0 Å². The fraction of sp³-hybridized carbons (Fsp3) is 0.353. The van der Waals surface area contributed by atoms with Crippen LogP contribution in [-0.4, -0.2) is 27.9 Å². The molecule has 1 aliphatic rings. The van der Waals surface area contributed by atoms with Gasteiger partial charge in [0, 0.05) is 23.5 Å². The second-order valence-electron chi connectivity index (χ2n) is 5.86. The fourth-order valence-corrected chi connectivity index (χ4v) is 3.05. The molecular formula is C17H20ClN3O2. The van der Waals surface area contributed by atoms with Crippen LogP contribution in [-0.2, 0) is 0 Å². The standard InChI is InChI=1S/C17H20ClN3O2/c18-12-3-8-15(16(11-12)21-9-1-2-10-21)20-17(23)19-13-4-6-14(22)7-5-13/h1-3,8-11,13-14,22H,4-7H2,(H2,19,20,23). The third-order valence-electron chi connectivity index (χ3n) is 4.12. The molecule has 1 heterocycles. The van der Waals surface area contributed by atoms with Gasteiger partial charge in [0.1, 0.15) is 0 Å². The van der Waals surface area contributed by atoms with Gasteiger partial charge in [-0.1, -0.05) is 11.6 Å². The molecule has 2 amide bonds. The van der Waals surface area contributed by atoms with E-state index in [0.29, 0.717) is 10.7 Å². The minimum atomic E-state index is -0.234. The lowest BCUT2D eigenvalue weighted by Gasteiger charge is -2.26. The maximum Gasteiger partial charge on any atom is 0.319 e. The van der Waals surface area contributed by atoms with Crippen molar-refractivity contribution in [1.82, 2.24) is 9.88 Å². The van der Waals surface area contributed by atoms with Gasteiger partial charge < -0.3 is 20.3 Å². The topological polar surface area (TPSA) is 66.3 Å². The number of aliphatic hydroxyl groups is 1. The quantitative estimate of drug-likeness (QED) is 0.804. The molecule has 2 aromatic rings. The van der Waals surface area contributed by atoms with E-state index in [1.807, 2.05) is 35.2 Å². The summed E-state index contributed by atoms with van der Waals surface area (Å²) >= 11 is 6.07. The Balaban J connectivity index is 1.69. The van der Waals surface area contributed by atoms with Gasteiger partial charge in [-0.05, 0) is 56.0 Å². The minimum Gasteiger partial charge on any atom is -0.393 e. The molecule has 3 rings (SSSR count). The highest BCUT2D eigenvalue weighted by molar-refractivity contribution is 6.30. The highest BCUT2D eigenvalue weighted by Crippen LogP contribution is 2.25. The molecule has 0 bridgehead atoms. The number of anilines is 1. The van der Waals surface area contributed by atoms with Crippen molar-refractivity contribution >= 4 is 23.3 Å². The number of nitrogens with one attached hydrogen (secondary N) is 2. The second kappa shape index (κ2) is 7.06. The fourth-order valence-electron chi connectivity index (χ4n) is 2.88. The molecule has 1 fully saturated rings. The molecule has 122 valence electrons. The first-order chi connectivity index (χ1) is 11.1. The molecule has 1 saturated carbocycles. The predicted octanol–water partition coefficient (Wildman–Crippen LogP) is 3.56. The SMILES string of the molecule is O=C(Nc1ccc(Cl)cc1-n1cccc1)NC1CCC(O)CC1. The number of rotatable bonds is 3. The molecule has 1 aliphatic carbocycles. The first-order valence-corrected chi connectivity index (χ1v) is 8.18. The van der Waals surface area contributed by atoms with Gasteiger partial charge in [-0.15, -0.1) is 0 Å². The van der Waals surface area contributed by atoms with Crippen LogP contribution >= 0.6 is 11.6 Å². The first kappa shape index (κ1) is 15.9. The zero-order valence-corrected chi connectivity index (χ0v) is 13.5. The van der Waals surface area contributed by atoms with Crippen LogP contribution in [0.25, 0.3) is 5.69 Å². The molecule has 3 N–H and O–H groups in total. The van der Waals surface area contributed by atoms with Crippen molar-refractivity contribution in [1.29, 1.82) is 0 Å². The van der Waals surface area contributed by atoms with Crippen molar-refractivity contribution in [2.75, 3.05) is 5.32 Å². The van der Waals surface area contributed by atoms with Crippen LogP contribution in [0, 0.1) is 0 Å². The van der Waals surface area contributed by atoms with E-state index in [1.54, 1.807) is 12.1 Å². The Kier molecular flexibility index (Phi) is 4.88. The number of aliphatic hydroxyl groups excluding tert-OH is 1. The highest BCUT2D eigenvalue weighted by atomic mass is 35.5. The Hall–Kier alpha value is -1.98. The third kappa shape index (κ3) is 4.06. The molecule has 0 saturated heterocycles. The maximum absolute atomic E-state index is 12.2. The minimum absolute atomic E-state index is 0.112. The van der Waals surface area contributed by atoms with Gasteiger partial charge in [0.15, 0.2) is 0 Å². The van der Waals surface area contributed by atoms with Gasteiger partial charge in [-0.25, -0.2) is 4.79 Å². The van der Waals surface area contributed by atoms with E-state index in [1.165, 1.54) is 0 Å². The molecule has 1 aromatic heterocycles. The van der Waals surface area contributed by atoms with Crippen LogP contribution in [0.15, 0.2) is 42.7 Å². The number of hydrogen-bond acceptors (Lipinski definition) is 2. The summed E-state index contributed by atoms with van der Waals surface area (Å²) in [5.41, 5.74) is 1.51. The van der Waals surface area contributed by atoms with Gasteiger partial charge in [0.05, 0.1) is 17.5 Å².